The van der Waals surface area contributed by atoms with Crippen molar-refractivity contribution in [1.82, 2.24) is 25.1 Å². The van der Waals surface area contributed by atoms with E-state index in [-0.39, 0.29) is 17.4 Å². The van der Waals surface area contributed by atoms with E-state index in [4.69, 9.17) is 5.84 Å². The highest BCUT2D eigenvalue weighted by Gasteiger charge is 2.16. The molecule has 7 nitrogen and oxygen atoms in total. The van der Waals surface area contributed by atoms with Crippen LogP contribution >= 0.6 is 11.8 Å². The number of carbonyl (C=O) groups is 1. The highest BCUT2D eigenvalue weighted by Crippen LogP contribution is 2.24. The summed E-state index contributed by atoms with van der Waals surface area (Å²) < 4.78 is 14.3. The first-order valence-corrected chi connectivity index (χ1v) is 9.33. The Labute approximate surface area is 163 Å². The molecule has 2 heterocycles. The molecule has 140 valence electrons. The molecule has 4 aromatic rings. The monoisotopic (exact) mass is 394 g/mol. The minimum absolute atomic E-state index is 0.110. The summed E-state index contributed by atoms with van der Waals surface area (Å²) in [5.74, 6) is 6.07. The number of benzene rings is 2. The minimum Gasteiger partial charge on any atom is -0.335 e. The molecule has 0 radical (unpaired) electrons. The van der Waals surface area contributed by atoms with Crippen molar-refractivity contribution in [2.45, 2.75) is 5.16 Å². The first-order valence-electron chi connectivity index (χ1n) is 8.35. The van der Waals surface area contributed by atoms with Gasteiger partial charge in [0.1, 0.15) is 11.5 Å². The summed E-state index contributed by atoms with van der Waals surface area (Å²) in [6.07, 6.45) is 0. The molecular weight excluding hydrogens is 379 g/mol. The number of carbonyl (C=O) groups excluding carboxylic acids is 1. The van der Waals surface area contributed by atoms with Crippen LogP contribution in [-0.2, 0) is 0 Å². The number of aromatic amines is 1. The third-order valence-electron chi connectivity index (χ3n) is 4.05. The Balaban J connectivity index is 1.48. The number of Topliss-reactive ketones (excluding diaryl/α,β-unsaturated/α-hetero) is 1. The van der Waals surface area contributed by atoms with Crippen molar-refractivity contribution in [3.05, 3.63) is 72.0 Å². The summed E-state index contributed by atoms with van der Waals surface area (Å²) in [6, 6.07) is 17.0. The van der Waals surface area contributed by atoms with Crippen LogP contribution < -0.4 is 5.84 Å². The number of nitrogens with zero attached hydrogens (tertiary/aromatic N) is 4. The van der Waals surface area contributed by atoms with E-state index >= 15 is 0 Å². The number of aromatic nitrogens is 5. The molecular formula is C19H15FN6OS. The molecule has 0 aliphatic rings. The van der Waals surface area contributed by atoms with E-state index in [0.29, 0.717) is 22.2 Å². The predicted molar refractivity (Wildman–Crippen MR) is 105 cm³/mol. The molecule has 0 fully saturated rings. The van der Waals surface area contributed by atoms with Gasteiger partial charge in [-0.05, 0) is 30.3 Å². The lowest BCUT2D eigenvalue weighted by Crippen LogP contribution is -2.13. The van der Waals surface area contributed by atoms with Crippen LogP contribution in [0.3, 0.4) is 0 Å². The van der Waals surface area contributed by atoms with Crippen molar-refractivity contribution in [3.63, 3.8) is 0 Å². The molecule has 0 saturated carbocycles. The van der Waals surface area contributed by atoms with Crippen molar-refractivity contribution >= 4 is 17.5 Å². The van der Waals surface area contributed by atoms with E-state index < -0.39 is 0 Å². The normalized spacial score (nSPS) is 10.9. The van der Waals surface area contributed by atoms with Gasteiger partial charge in [-0.2, -0.15) is 5.10 Å². The van der Waals surface area contributed by atoms with Gasteiger partial charge >= 0.3 is 0 Å². The molecule has 4 rings (SSSR count). The molecule has 2 aromatic carbocycles. The van der Waals surface area contributed by atoms with Gasteiger partial charge in [-0.15, -0.1) is 10.2 Å². The Morgan fingerprint density at radius 1 is 1.11 bits per heavy atom. The zero-order chi connectivity index (χ0) is 19.5. The maximum atomic E-state index is 13.0. The molecule has 0 amide bonds. The minimum atomic E-state index is -0.384. The van der Waals surface area contributed by atoms with Crippen LogP contribution in [0, 0.1) is 5.82 Å². The number of ketones is 1. The number of nitrogens with two attached hydrogens (primary N) is 1. The van der Waals surface area contributed by atoms with Crippen molar-refractivity contribution in [2.75, 3.05) is 11.6 Å². The van der Waals surface area contributed by atoms with Gasteiger partial charge in [0.15, 0.2) is 5.78 Å². The Bertz CT molecular complexity index is 1110. The van der Waals surface area contributed by atoms with E-state index in [9.17, 15) is 9.18 Å². The Kier molecular flexibility index (Phi) is 4.90. The number of thioether (sulfide) groups is 1. The third kappa shape index (κ3) is 3.65. The zero-order valence-corrected chi connectivity index (χ0v) is 15.4. The summed E-state index contributed by atoms with van der Waals surface area (Å²) in [5.41, 5.74) is 2.77. The van der Waals surface area contributed by atoms with Crippen LogP contribution in [0.1, 0.15) is 10.4 Å². The summed E-state index contributed by atoms with van der Waals surface area (Å²) in [4.78, 5) is 12.2. The smallest absolute Gasteiger partial charge is 0.210 e. The molecule has 0 unspecified atom stereocenters. The number of nitrogen functional groups attached to an aromatic ring is 1. The summed E-state index contributed by atoms with van der Waals surface area (Å²) in [6.45, 7) is 0. The number of rotatable bonds is 6. The lowest BCUT2D eigenvalue weighted by molar-refractivity contribution is 0.102. The molecule has 9 heteroatoms. The fourth-order valence-electron chi connectivity index (χ4n) is 2.60. The molecule has 0 saturated heterocycles. The second kappa shape index (κ2) is 7.65. The number of H-pyrrole nitrogens is 1. The fourth-order valence-corrected chi connectivity index (χ4v) is 3.35. The van der Waals surface area contributed by atoms with Crippen LogP contribution in [0.25, 0.3) is 22.8 Å². The molecule has 0 atom stereocenters. The molecule has 0 bridgehead atoms. The van der Waals surface area contributed by atoms with Gasteiger partial charge in [-0.25, -0.2) is 9.07 Å². The Morgan fingerprint density at radius 3 is 2.61 bits per heavy atom. The molecule has 0 spiro atoms. The lowest BCUT2D eigenvalue weighted by atomic mass is 10.1. The van der Waals surface area contributed by atoms with E-state index in [0.717, 1.165) is 23.0 Å². The fraction of sp³-hybridized carbons (Fsp3) is 0.0526. The average Bonchev–Trinajstić information content (AvgIpc) is 3.34. The van der Waals surface area contributed by atoms with Gasteiger partial charge in [0.25, 0.3) is 0 Å². The number of halogens is 1. The molecule has 2 aromatic heterocycles. The quantitative estimate of drug-likeness (QED) is 0.296. The highest BCUT2D eigenvalue weighted by molar-refractivity contribution is 7.99. The average molecular weight is 394 g/mol. The maximum absolute atomic E-state index is 13.0. The first-order chi connectivity index (χ1) is 13.6. The van der Waals surface area contributed by atoms with Crippen molar-refractivity contribution in [1.29, 1.82) is 0 Å². The largest absolute Gasteiger partial charge is 0.335 e. The van der Waals surface area contributed by atoms with Gasteiger partial charge in [-0.3, -0.25) is 9.89 Å². The van der Waals surface area contributed by atoms with E-state index in [1.54, 1.807) is 0 Å². The number of nitrogens with one attached hydrogen (secondary N) is 1. The number of hydrogen-bond donors (Lipinski definition) is 2. The van der Waals surface area contributed by atoms with Crippen LogP contribution in [0.4, 0.5) is 4.39 Å². The van der Waals surface area contributed by atoms with Crippen LogP contribution in [-0.4, -0.2) is 36.6 Å². The van der Waals surface area contributed by atoms with Crippen molar-refractivity contribution < 1.29 is 9.18 Å². The molecule has 28 heavy (non-hydrogen) atoms. The van der Waals surface area contributed by atoms with Gasteiger partial charge in [0.05, 0.1) is 11.4 Å². The van der Waals surface area contributed by atoms with Crippen LogP contribution in [0.2, 0.25) is 0 Å². The Morgan fingerprint density at radius 2 is 1.86 bits per heavy atom. The SMILES string of the molecule is Nn1c(SCC(=O)c2ccc(F)cc2)nnc1-c1cc(-c2ccccc2)n[nH]1. The third-order valence-corrected chi connectivity index (χ3v) is 4.99. The van der Waals surface area contributed by atoms with Gasteiger partial charge in [0, 0.05) is 11.1 Å². The van der Waals surface area contributed by atoms with E-state index in [1.165, 1.54) is 28.9 Å². The zero-order valence-electron chi connectivity index (χ0n) is 14.5. The van der Waals surface area contributed by atoms with Crippen molar-refractivity contribution in [2.24, 2.45) is 0 Å². The van der Waals surface area contributed by atoms with E-state index in [2.05, 4.69) is 20.4 Å². The highest BCUT2D eigenvalue weighted by atomic mass is 32.2. The van der Waals surface area contributed by atoms with E-state index in [1.807, 2.05) is 36.4 Å². The van der Waals surface area contributed by atoms with Crippen LogP contribution in [0.5, 0.6) is 0 Å². The lowest BCUT2D eigenvalue weighted by Gasteiger charge is -2.02. The second-order valence-electron chi connectivity index (χ2n) is 5.93. The molecule has 0 aliphatic heterocycles. The van der Waals surface area contributed by atoms with Crippen LogP contribution in [0.15, 0.2) is 65.8 Å². The number of hydrogen-bond acceptors (Lipinski definition) is 6. The van der Waals surface area contributed by atoms with Gasteiger partial charge in [-0.1, -0.05) is 42.1 Å². The first kappa shape index (κ1) is 17.9. The molecule has 0 aliphatic carbocycles. The summed E-state index contributed by atoms with van der Waals surface area (Å²) in [7, 11) is 0. The Hall–Kier alpha value is -3.46. The predicted octanol–water partition coefficient (Wildman–Crippen LogP) is 3.16. The second-order valence-corrected chi connectivity index (χ2v) is 6.87. The standard InChI is InChI=1S/C19H15FN6OS/c20-14-8-6-13(7-9-14)17(27)11-28-19-25-24-18(26(19)21)16-10-15(22-23-16)12-4-2-1-3-5-12/h1-10H,11,21H2,(H,22,23). The summed E-state index contributed by atoms with van der Waals surface area (Å²) in [5, 5.41) is 15.7. The topological polar surface area (TPSA) is 102 Å². The molecule has 3 N–H and O–H groups in total. The van der Waals surface area contributed by atoms with Gasteiger partial charge < -0.3 is 5.84 Å². The van der Waals surface area contributed by atoms with Crippen molar-refractivity contribution in [3.8, 4) is 22.8 Å². The maximum Gasteiger partial charge on any atom is 0.210 e. The van der Waals surface area contributed by atoms with Gasteiger partial charge in [0.2, 0.25) is 11.0 Å². The summed E-state index contributed by atoms with van der Waals surface area (Å²) >= 11 is 1.16.